The lowest BCUT2D eigenvalue weighted by Gasteiger charge is -2.40. The highest BCUT2D eigenvalue weighted by Crippen LogP contribution is 2.30. The van der Waals surface area contributed by atoms with Gasteiger partial charge in [-0.15, -0.1) is 0 Å². The zero-order chi connectivity index (χ0) is 70.9. The van der Waals surface area contributed by atoms with Gasteiger partial charge in [0, 0.05) is 184 Å². The van der Waals surface area contributed by atoms with Crippen LogP contribution < -0.4 is 30.9 Å². The van der Waals surface area contributed by atoms with Crippen LogP contribution in [-0.4, -0.2) is 161 Å². The molecule has 6 aromatic heterocycles. The van der Waals surface area contributed by atoms with Crippen LogP contribution in [-0.2, 0) is 59.3 Å². The molecule has 2 aromatic carbocycles. The van der Waals surface area contributed by atoms with Crippen molar-refractivity contribution in [1.29, 1.82) is 0 Å². The van der Waals surface area contributed by atoms with Crippen molar-refractivity contribution in [2.24, 2.45) is 14.1 Å². The molecule has 12 rings (SSSR count). The lowest BCUT2D eigenvalue weighted by Crippen LogP contribution is -2.53. The normalized spacial score (nSPS) is 16.9. The van der Waals surface area contributed by atoms with E-state index in [0.29, 0.717) is 62.9 Å². The molecule has 0 spiro atoms. The number of carbonyl (C=O) groups excluding carboxylic acids is 4. The van der Waals surface area contributed by atoms with Gasteiger partial charge in [-0.3, -0.25) is 58.7 Å². The summed E-state index contributed by atoms with van der Waals surface area (Å²) in [5.41, 5.74) is 11.6. The summed E-state index contributed by atoms with van der Waals surface area (Å²) in [5.74, 6) is -0.329. The number of nitrogens with one attached hydrogen (secondary N) is 1. The van der Waals surface area contributed by atoms with E-state index in [1.165, 1.54) is 20.9 Å². The van der Waals surface area contributed by atoms with Crippen molar-refractivity contribution in [1.82, 2.24) is 54.0 Å². The molecular formula is C76H95BrN14O8. The fourth-order valence-corrected chi connectivity index (χ4v) is 13.6. The number of piperazine rings is 2. The first-order valence-electron chi connectivity index (χ1n) is 34.2. The first-order valence-corrected chi connectivity index (χ1v) is 35.0. The largest absolute Gasteiger partial charge is 0.444 e. The number of carbonyl (C=O) groups is 4. The predicted molar refractivity (Wildman–Crippen MR) is 392 cm³/mol. The summed E-state index contributed by atoms with van der Waals surface area (Å²) in [6.45, 7) is 27.0. The number of benzene rings is 2. The second-order valence-electron chi connectivity index (χ2n) is 28.5. The van der Waals surface area contributed by atoms with E-state index in [1.54, 1.807) is 46.4 Å². The number of hydrogen-bond acceptors (Lipinski definition) is 16. The summed E-state index contributed by atoms with van der Waals surface area (Å²) in [7, 11) is 3.96. The summed E-state index contributed by atoms with van der Waals surface area (Å²) in [6.07, 6.45) is 15.0. The van der Waals surface area contributed by atoms with E-state index in [1.807, 2.05) is 120 Å². The summed E-state index contributed by atoms with van der Waals surface area (Å²) in [5, 5.41) is 4.01. The van der Waals surface area contributed by atoms with Crippen molar-refractivity contribution >= 4 is 78.8 Å². The Bertz CT molecular complexity index is 4320. The van der Waals surface area contributed by atoms with E-state index in [2.05, 4.69) is 114 Å². The van der Waals surface area contributed by atoms with Gasteiger partial charge >= 0.3 is 12.2 Å². The molecule has 4 saturated heterocycles. The molecule has 4 fully saturated rings. The van der Waals surface area contributed by atoms with Gasteiger partial charge in [0.05, 0.1) is 34.8 Å². The highest BCUT2D eigenvalue weighted by atomic mass is 79.9. The third-order valence-electron chi connectivity index (χ3n) is 18.1. The van der Waals surface area contributed by atoms with Gasteiger partial charge in [0.2, 0.25) is 11.8 Å². The molecule has 0 saturated carbocycles. The van der Waals surface area contributed by atoms with Crippen LogP contribution >= 0.6 is 15.9 Å². The van der Waals surface area contributed by atoms with Crippen LogP contribution in [0.25, 0.3) is 21.8 Å². The van der Waals surface area contributed by atoms with Crippen molar-refractivity contribution in [3.63, 3.8) is 0 Å². The Balaban J connectivity index is 0.000000185. The summed E-state index contributed by atoms with van der Waals surface area (Å²) >= 11 is 3.54. The van der Waals surface area contributed by atoms with Crippen LogP contribution in [0.3, 0.4) is 0 Å². The molecule has 4 aliphatic heterocycles. The van der Waals surface area contributed by atoms with Gasteiger partial charge in [-0.05, 0) is 191 Å². The number of hydrogen-bond donors (Lipinski definition) is 1. The fourth-order valence-electron chi connectivity index (χ4n) is 13.2. The van der Waals surface area contributed by atoms with Crippen LogP contribution in [0.2, 0.25) is 0 Å². The number of nitrogens with zero attached hydrogens (tertiary/aromatic N) is 13. The molecule has 0 radical (unpaired) electrons. The van der Waals surface area contributed by atoms with Gasteiger partial charge in [0.15, 0.2) is 10.9 Å². The molecule has 22 nitrogen and oxygen atoms in total. The zero-order valence-corrected chi connectivity index (χ0v) is 61.0. The Labute approximate surface area is 589 Å². The molecule has 2 atom stereocenters. The first kappa shape index (κ1) is 72.7. The third-order valence-corrected chi connectivity index (χ3v) is 18.6. The van der Waals surface area contributed by atoms with Gasteiger partial charge in [-0.1, -0.05) is 15.9 Å². The lowest BCUT2D eigenvalue weighted by molar-refractivity contribution is -0.124. The number of fused-ring (bicyclic) bond motifs is 2. The van der Waals surface area contributed by atoms with Crippen LogP contribution in [0.15, 0.2) is 136 Å². The Morgan fingerprint density at radius 3 is 1.47 bits per heavy atom. The van der Waals surface area contributed by atoms with Crippen molar-refractivity contribution in [2.75, 3.05) is 80.1 Å². The highest BCUT2D eigenvalue weighted by molar-refractivity contribution is 9.10. The Morgan fingerprint density at radius 1 is 0.545 bits per heavy atom. The molecule has 99 heavy (non-hydrogen) atoms. The molecule has 1 N–H and O–H groups in total. The van der Waals surface area contributed by atoms with Crippen molar-refractivity contribution in [3.05, 3.63) is 192 Å². The standard InChI is InChI=1S/C38H47N7O4.C29H32BrN5O.C9H16N2O3/c1-26-9-10-31(20-40-26)42-15-7-8-32(24-42)44(21-28-13-14-39-27(2)18-28)23-29-22-41(6)34-19-30(11-12-33(34)36(29)47)45-17-16-43(25-35(45)46)37(48)49-38(3,4)5;1-20-6-8-25(15-32-20)34-12-4-5-26(19-34)35(16-22-10-11-31-21(2)13-22)18-23-17-33(3)28-14-24(30)7-9-27(28)29(23)36;1-9(2,3)14-8(13)11-5-4-10-7(12)6-11/h9-14,18-20,22,32H,7-8,15-17,21,23-25H2,1-6H3;6-11,13-15,17,26H,4-5,12,16,18-19H2,1-3H3;4-6H2,1-3H3,(H,10,12)/t32-;26-;/m00./s1. The van der Waals surface area contributed by atoms with Crippen LogP contribution in [0, 0.1) is 27.7 Å². The third kappa shape index (κ3) is 19.4. The van der Waals surface area contributed by atoms with Gasteiger partial charge in [-0.2, -0.15) is 0 Å². The number of aryl methyl sites for hydroxylation is 6. The van der Waals surface area contributed by atoms with E-state index in [0.717, 1.165) is 125 Å². The second-order valence-corrected chi connectivity index (χ2v) is 29.4. The average molecular weight is 1410 g/mol. The Hall–Kier alpha value is -9.06. The van der Waals surface area contributed by atoms with Crippen LogP contribution in [0.5, 0.6) is 0 Å². The molecule has 8 aromatic rings. The SMILES string of the molecule is CC(C)(C)OC(=O)N1CCNC(=O)C1.Cc1ccc(N2CCC[C@H](N(Cc3ccnc(C)c3)Cc3cn(C)c4cc(Br)ccc4c3=O)C2)cn1.Cc1ccc(N2CCC[C@H](N(Cc3ccnc(C)c3)Cc3cn(C)c4cc(N5CCN(C(=O)OC(C)(C)C)CC5=O)ccc4c3=O)C2)cn1. The number of anilines is 3. The predicted octanol–water partition coefficient (Wildman–Crippen LogP) is 10.9. The number of pyridine rings is 6. The van der Waals surface area contributed by atoms with Crippen LogP contribution in [0.1, 0.15) is 112 Å². The fraction of sp³-hybridized carbons (Fsp3) is 0.447. The number of rotatable bonds is 13. The van der Waals surface area contributed by atoms with Gasteiger partial charge < -0.3 is 38.6 Å². The number of halogens is 1. The molecule has 23 heteroatoms. The number of aromatic nitrogens is 6. The Kier molecular flexibility index (Phi) is 23.4. The smallest absolute Gasteiger partial charge is 0.410 e. The quantitative estimate of drug-likeness (QED) is 0.114. The van der Waals surface area contributed by atoms with Gasteiger partial charge in [0.25, 0.3) is 0 Å². The minimum atomic E-state index is -0.635. The lowest BCUT2D eigenvalue weighted by atomic mass is 10.0. The maximum Gasteiger partial charge on any atom is 0.410 e. The first-order chi connectivity index (χ1) is 47.1. The molecule has 0 unspecified atom stereocenters. The van der Waals surface area contributed by atoms with E-state index in [9.17, 15) is 28.8 Å². The van der Waals surface area contributed by atoms with Crippen LogP contribution in [0.4, 0.5) is 26.7 Å². The van der Waals surface area contributed by atoms with Crippen molar-refractivity contribution in [2.45, 2.75) is 144 Å². The van der Waals surface area contributed by atoms with E-state index in [-0.39, 0.29) is 41.8 Å². The summed E-state index contributed by atoms with van der Waals surface area (Å²) < 4.78 is 15.6. The molecule has 524 valence electrons. The zero-order valence-electron chi connectivity index (χ0n) is 59.4. The molecule has 4 amide bonds. The summed E-state index contributed by atoms with van der Waals surface area (Å²) in [6, 6.07) is 28.8. The number of amides is 4. The average Bonchev–Trinajstić information content (AvgIpc) is 0.783. The summed E-state index contributed by atoms with van der Waals surface area (Å²) in [4.78, 5) is 108. The van der Waals surface area contributed by atoms with Gasteiger partial charge in [-0.25, -0.2) is 9.59 Å². The van der Waals surface area contributed by atoms with E-state index < -0.39 is 23.4 Å². The molecule has 4 aliphatic rings. The minimum Gasteiger partial charge on any atom is -0.444 e. The molecule has 10 heterocycles. The van der Waals surface area contributed by atoms with Crippen molar-refractivity contribution in [3.8, 4) is 0 Å². The van der Waals surface area contributed by atoms with E-state index >= 15 is 0 Å². The maximum atomic E-state index is 14.1. The number of ether oxygens (including phenoxy) is 2. The van der Waals surface area contributed by atoms with Crippen molar-refractivity contribution < 1.29 is 28.7 Å². The molecule has 0 aliphatic carbocycles. The monoisotopic (exact) mass is 1410 g/mol. The van der Waals surface area contributed by atoms with Gasteiger partial charge in [0.1, 0.15) is 24.3 Å². The second kappa shape index (κ2) is 31.9. The minimum absolute atomic E-state index is 0.00738. The van der Waals surface area contributed by atoms with E-state index in [4.69, 9.17) is 9.47 Å². The number of piperidine rings is 2. The topological polar surface area (TPSA) is 217 Å². The molecule has 0 bridgehead atoms. The Morgan fingerprint density at radius 2 is 1.02 bits per heavy atom. The molecular weight excluding hydrogens is 1320 g/mol. The maximum absolute atomic E-state index is 14.1. The highest BCUT2D eigenvalue weighted by Gasteiger charge is 2.33.